The summed E-state index contributed by atoms with van der Waals surface area (Å²) in [7, 11) is -0.433. The quantitative estimate of drug-likeness (QED) is 0.653. The highest BCUT2D eigenvalue weighted by molar-refractivity contribution is 6.47. The molecule has 28 heavy (non-hydrogen) atoms. The molecule has 1 saturated heterocycles. The van der Waals surface area contributed by atoms with Crippen LogP contribution >= 0.6 is 0 Å². The normalized spacial score (nSPS) is 34.0. The fourth-order valence-corrected chi connectivity index (χ4v) is 5.45. The summed E-state index contributed by atoms with van der Waals surface area (Å²) in [5, 5.41) is 5.74. The van der Waals surface area contributed by atoms with E-state index in [2.05, 4.69) is 45.3 Å². The van der Waals surface area contributed by atoms with Crippen molar-refractivity contribution >= 4 is 18.9 Å². The van der Waals surface area contributed by atoms with E-state index in [4.69, 9.17) is 9.31 Å². The minimum absolute atomic E-state index is 0.0171. The van der Waals surface area contributed by atoms with Crippen molar-refractivity contribution in [1.82, 2.24) is 10.6 Å². The first-order valence-electron chi connectivity index (χ1n) is 10.9. The maximum absolute atomic E-state index is 12.5. The summed E-state index contributed by atoms with van der Waals surface area (Å²) >= 11 is 0. The van der Waals surface area contributed by atoms with Gasteiger partial charge in [-0.2, -0.15) is 0 Å². The maximum Gasteiger partial charge on any atom is 0.481 e. The number of hydrogen-bond donors (Lipinski definition) is 2. The second kappa shape index (κ2) is 7.64. The van der Waals surface area contributed by atoms with Gasteiger partial charge in [-0.25, -0.2) is 0 Å². The third kappa shape index (κ3) is 3.84. The van der Waals surface area contributed by atoms with Crippen LogP contribution in [0, 0.1) is 29.1 Å². The summed E-state index contributed by atoms with van der Waals surface area (Å²) in [6, 6.07) is 0. The molecule has 0 spiro atoms. The molecule has 2 N–H and O–H groups in total. The maximum atomic E-state index is 12.5. The van der Waals surface area contributed by atoms with Gasteiger partial charge in [0.15, 0.2) is 0 Å². The van der Waals surface area contributed by atoms with E-state index in [1.165, 1.54) is 6.42 Å². The van der Waals surface area contributed by atoms with Crippen LogP contribution in [0.3, 0.4) is 0 Å². The first-order valence-corrected chi connectivity index (χ1v) is 10.9. The van der Waals surface area contributed by atoms with Gasteiger partial charge in [0.05, 0.1) is 24.2 Å². The van der Waals surface area contributed by atoms with E-state index in [1.54, 1.807) is 0 Å². The van der Waals surface area contributed by atoms with E-state index in [9.17, 15) is 9.59 Å². The van der Waals surface area contributed by atoms with E-state index in [0.29, 0.717) is 23.2 Å². The molecule has 0 aromatic carbocycles. The van der Waals surface area contributed by atoms with Crippen molar-refractivity contribution in [3.8, 4) is 0 Å². The molecule has 2 bridgehead atoms. The van der Waals surface area contributed by atoms with Gasteiger partial charge in [0, 0.05) is 5.92 Å². The Kier molecular flexibility index (Phi) is 5.90. The summed E-state index contributed by atoms with van der Waals surface area (Å²) < 4.78 is 12.9. The minimum Gasteiger partial charge on any atom is -0.404 e. The Morgan fingerprint density at radius 2 is 1.82 bits per heavy atom. The average molecular weight is 392 g/mol. The molecule has 1 heterocycles. The Labute approximate surface area is 170 Å². The van der Waals surface area contributed by atoms with Crippen LogP contribution in [0.25, 0.3) is 0 Å². The van der Waals surface area contributed by atoms with Crippen LogP contribution in [-0.2, 0) is 18.9 Å². The highest BCUT2D eigenvalue weighted by Gasteiger charge is 2.68. The lowest BCUT2D eigenvalue weighted by Crippen LogP contribution is -2.65. The largest absolute Gasteiger partial charge is 0.481 e. The van der Waals surface area contributed by atoms with Crippen molar-refractivity contribution in [2.75, 3.05) is 6.54 Å². The smallest absolute Gasteiger partial charge is 0.404 e. The summed E-state index contributed by atoms with van der Waals surface area (Å²) in [4.78, 5) is 24.2. The summed E-state index contributed by atoms with van der Waals surface area (Å²) in [6.07, 6.45) is 3.11. The molecule has 0 radical (unpaired) electrons. The zero-order chi connectivity index (χ0) is 20.9. The minimum atomic E-state index is -0.433. The van der Waals surface area contributed by atoms with Crippen LogP contribution in [0.5, 0.6) is 0 Å². The van der Waals surface area contributed by atoms with Gasteiger partial charge in [0.2, 0.25) is 11.8 Å². The number of rotatable bonds is 7. The van der Waals surface area contributed by atoms with E-state index in [-0.39, 0.29) is 41.9 Å². The van der Waals surface area contributed by atoms with Gasteiger partial charge in [-0.3, -0.25) is 9.59 Å². The van der Waals surface area contributed by atoms with Crippen LogP contribution in [0.15, 0.2) is 0 Å². The lowest BCUT2D eigenvalue weighted by atomic mass is 9.43. The first kappa shape index (κ1) is 21.6. The lowest BCUT2D eigenvalue weighted by molar-refractivity contribution is -0.199. The molecule has 3 saturated carbocycles. The Balaban J connectivity index is 1.64. The topological polar surface area (TPSA) is 76.7 Å². The SMILES string of the molecule is CC(C)C[C@H](NC(=O)CNC(=O)C(C)C)B1OC2C[C@H]3C[C@H](C3(C)C)[C@@]2(C)O1. The van der Waals surface area contributed by atoms with E-state index < -0.39 is 7.12 Å². The molecular weight excluding hydrogens is 355 g/mol. The van der Waals surface area contributed by atoms with Crippen LogP contribution in [0.4, 0.5) is 0 Å². The second-order valence-corrected chi connectivity index (χ2v) is 10.5. The molecule has 158 valence electrons. The zero-order valence-electron chi connectivity index (χ0n) is 18.5. The predicted octanol–water partition coefficient (Wildman–Crippen LogP) is 2.56. The van der Waals surface area contributed by atoms with Crippen molar-refractivity contribution in [3.63, 3.8) is 0 Å². The summed E-state index contributed by atoms with van der Waals surface area (Å²) in [5.74, 6) is 0.908. The molecule has 0 aromatic heterocycles. The number of carbonyl (C=O) groups is 2. The van der Waals surface area contributed by atoms with Crippen molar-refractivity contribution in [2.24, 2.45) is 29.1 Å². The third-order valence-corrected chi connectivity index (χ3v) is 7.32. The lowest BCUT2D eigenvalue weighted by Gasteiger charge is -2.64. The van der Waals surface area contributed by atoms with Gasteiger partial charge in [0.1, 0.15) is 0 Å². The van der Waals surface area contributed by atoms with E-state index >= 15 is 0 Å². The summed E-state index contributed by atoms with van der Waals surface area (Å²) in [6.45, 7) is 14.7. The van der Waals surface area contributed by atoms with Crippen molar-refractivity contribution < 1.29 is 18.9 Å². The molecule has 5 atom stereocenters. The molecule has 4 fully saturated rings. The Morgan fingerprint density at radius 1 is 1.14 bits per heavy atom. The van der Waals surface area contributed by atoms with Crippen LogP contribution in [-0.4, -0.2) is 43.1 Å². The van der Waals surface area contributed by atoms with Gasteiger partial charge >= 0.3 is 7.12 Å². The molecule has 1 aliphatic heterocycles. The number of amides is 2. The zero-order valence-corrected chi connectivity index (χ0v) is 18.5. The highest BCUT2D eigenvalue weighted by Crippen LogP contribution is 2.65. The highest BCUT2D eigenvalue weighted by atomic mass is 16.7. The Bertz CT molecular complexity index is 624. The van der Waals surface area contributed by atoms with Crippen molar-refractivity contribution in [2.45, 2.75) is 85.4 Å². The average Bonchev–Trinajstić information content (AvgIpc) is 2.95. The molecule has 0 aromatic rings. The number of hydrogen-bond acceptors (Lipinski definition) is 4. The standard InChI is InChI=1S/C21H37BN2O4/c1-12(2)8-17(24-18(25)11-23-19(26)13(3)4)22-27-16-10-14-9-15(20(14,5)6)21(16,7)28-22/h12-17H,8-11H2,1-7H3,(H,23,26)(H,24,25)/t14-,15-,16?,17+,21-/m1/s1. The molecular formula is C21H37BN2O4. The van der Waals surface area contributed by atoms with Crippen molar-refractivity contribution in [1.29, 1.82) is 0 Å². The van der Waals surface area contributed by atoms with Crippen LogP contribution < -0.4 is 10.6 Å². The molecule has 7 heteroatoms. The molecule has 6 nitrogen and oxygen atoms in total. The Hall–Kier alpha value is -1.08. The number of nitrogens with one attached hydrogen (secondary N) is 2. The fraction of sp³-hybridized carbons (Fsp3) is 0.905. The van der Waals surface area contributed by atoms with E-state index in [0.717, 1.165) is 12.8 Å². The van der Waals surface area contributed by atoms with E-state index in [1.807, 2.05) is 13.8 Å². The Morgan fingerprint density at radius 3 is 2.39 bits per heavy atom. The van der Waals surface area contributed by atoms with Gasteiger partial charge < -0.3 is 19.9 Å². The van der Waals surface area contributed by atoms with Gasteiger partial charge in [-0.15, -0.1) is 0 Å². The molecule has 3 aliphatic carbocycles. The van der Waals surface area contributed by atoms with Crippen LogP contribution in [0.1, 0.15) is 67.7 Å². The fourth-order valence-electron chi connectivity index (χ4n) is 5.45. The summed E-state index contributed by atoms with van der Waals surface area (Å²) in [5.41, 5.74) is 0.0101. The van der Waals surface area contributed by atoms with Gasteiger partial charge in [-0.05, 0) is 49.4 Å². The predicted molar refractivity (Wildman–Crippen MR) is 109 cm³/mol. The second-order valence-electron chi connectivity index (χ2n) is 10.5. The van der Waals surface area contributed by atoms with Crippen LogP contribution in [0.2, 0.25) is 0 Å². The molecule has 2 amide bonds. The molecule has 4 aliphatic rings. The van der Waals surface area contributed by atoms with Gasteiger partial charge in [0.25, 0.3) is 0 Å². The molecule has 4 rings (SSSR count). The third-order valence-electron chi connectivity index (χ3n) is 7.32. The molecule has 1 unspecified atom stereocenters. The van der Waals surface area contributed by atoms with Gasteiger partial charge in [-0.1, -0.05) is 41.5 Å². The number of carbonyl (C=O) groups excluding carboxylic acids is 2. The van der Waals surface area contributed by atoms with Crippen molar-refractivity contribution in [3.05, 3.63) is 0 Å². The monoisotopic (exact) mass is 392 g/mol. The first-order chi connectivity index (χ1) is 12.9.